The van der Waals surface area contributed by atoms with Crippen LogP contribution in [0.1, 0.15) is 39.2 Å². The number of amides is 1. The molecule has 0 fully saturated rings. The monoisotopic (exact) mass is 558 g/mol. The minimum absolute atomic E-state index is 0.127. The van der Waals surface area contributed by atoms with E-state index in [9.17, 15) is 18.0 Å². The number of rotatable bonds is 11. The third-order valence-corrected chi connectivity index (χ3v) is 7.36. The van der Waals surface area contributed by atoms with Crippen molar-refractivity contribution in [3.63, 3.8) is 0 Å². The van der Waals surface area contributed by atoms with Crippen LogP contribution in [0.5, 0.6) is 5.75 Å². The number of carbonyl (C=O) groups excluding carboxylic acids is 2. The molecule has 0 aliphatic heterocycles. The molecule has 0 spiro atoms. The van der Waals surface area contributed by atoms with Crippen molar-refractivity contribution in [1.82, 2.24) is 0 Å². The summed E-state index contributed by atoms with van der Waals surface area (Å²) >= 11 is 6.09. The van der Waals surface area contributed by atoms with Crippen molar-refractivity contribution in [2.45, 2.75) is 44.6 Å². The van der Waals surface area contributed by atoms with Crippen LogP contribution in [-0.2, 0) is 24.3 Å². The number of nitrogens with one attached hydrogen (secondary N) is 1. The summed E-state index contributed by atoms with van der Waals surface area (Å²) in [6.45, 7) is 6.71. The Balaban J connectivity index is 1.77. The highest BCUT2D eigenvalue weighted by Crippen LogP contribution is 2.27. The third-order valence-electron chi connectivity index (χ3n) is 5.36. The van der Waals surface area contributed by atoms with Gasteiger partial charge >= 0.3 is 5.97 Å². The van der Waals surface area contributed by atoms with Gasteiger partial charge in [-0.15, -0.1) is 0 Å². The average Bonchev–Trinajstić information content (AvgIpc) is 2.86. The van der Waals surface area contributed by atoms with Gasteiger partial charge in [-0.05, 0) is 73.9 Å². The van der Waals surface area contributed by atoms with Crippen molar-refractivity contribution < 1.29 is 27.5 Å². The van der Waals surface area contributed by atoms with Gasteiger partial charge in [-0.3, -0.25) is 13.9 Å². The van der Waals surface area contributed by atoms with E-state index in [-0.39, 0.29) is 22.9 Å². The minimum Gasteiger partial charge on any atom is -0.484 e. The number of anilines is 2. The molecule has 8 nitrogen and oxygen atoms in total. The lowest BCUT2D eigenvalue weighted by Gasteiger charge is -2.24. The van der Waals surface area contributed by atoms with Gasteiger partial charge in [0, 0.05) is 10.7 Å². The molecule has 0 saturated carbocycles. The van der Waals surface area contributed by atoms with Crippen LogP contribution in [0.2, 0.25) is 5.02 Å². The number of nitrogens with zero attached hydrogens (tertiary/aromatic N) is 1. The van der Waals surface area contributed by atoms with E-state index in [1.807, 2.05) is 12.1 Å². The molecule has 3 aromatic carbocycles. The predicted octanol–water partition coefficient (Wildman–Crippen LogP) is 5.63. The lowest BCUT2D eigenvalue weighted by molar-refractivity contribution is -0.145. The van der Waals surface area contributed by atoms with Gasteiger partial charge in [0.25, 0.3) is 15.9 Å². The molecule has 10 heteroatoms. The molecule has 0 aliphatic rings. The summed E-state index contributed by atoms with van der Waals surface area (Å²) in [5, 5.41) is 2.95. The van der Waals surface area contributed by atoms with Crippen LogP contribution < -0.4 is 14.4 Å². The van der Waals surface area contributed by atoms with Crippen LogP contribution in [-0.4, -0.2) is 39.5 Å². The van der Waals surface area contributed by atoms with E-state index in [0.29, 0.717) is 16.7 Å². The van der Waals surface area contributed by atoms with Gasteiger partial charge in [0.05, 0.1) is 16.7 Å². The van der Waals surface area contributed by atoms with Crippen LogP contribution in [0.25, 0.3) is 0 Å². The van der Waals surface area contributed by atoms with Gasteiger partial charge in [0.15, 0.2) is 6.61 Å². The summed E-state index contributed by atoms with van der Waals surface area (Å²) in [5.74, 6) is -0.246. The van der Waals surface area contributed by atoms with Gasteiger partial charge in [-0.25, -0.2) is 8.42 Å². The van der Waals surface area contributed by atoms with Gasteiger partial charge in [0.1, 0.15) is 12.3 Å². The van der Waals surface area contributed by atoms with Crippen molar-refractivity contribution in [3.8, 4) is 5.75 Å². The Hall–Kier alpha value is -3.56. The molecule has 202 valence electrons. The van der Waals surface area contributed by atoms with Gasteiger partial charge in [-0.2, -0.15) is 0 Å². The molecule has 0 atom stereocenters. The van der Waals surface area contributed by atoms with E-state index in [4.69, 9.17) is 21.1 Å². The van der Waals surface area contributed by atoms with Crippen LogP contribution in [0.3, 0.4) is 0 Å². The summed E-state index contributed by atoms with van der Waals surface area (Å²) in [7, 11) is -4.24. The quantitative estimate of drug-likeness (QED) is 0.306. The first kappa shape index (κ1) is 29.0. The Bertz CT molecular complexity index is 1370. The summed E-state index contributed by atoms with van der Waals surface area (Å²) in [6, 6.07) is 19.4. The Labute approximate surface area is 228 Å². The molecule has 1 N–H and O–H groups in total. The van der Waals surface area contributed by atoms with E-state index in [0.717, 1.165) is 9.87 Å². The van der Waals surface area contributed by atoms with Crippen LogP contribution in [0.4, 0.5) is 11.4 Å². The number of benzene rings is 3. The Morgan fingerprint density at radius 1 is 0.947 bits per heavy atom. The lowest BCUT2D eigenvalue weighted by atomic mass is 10.0. The molecule has 3 aromatic rings. The largest absolute Gasteiger partial charge is 0.484 e. The van der Waals surface area contributed by atoms with Crippen molar-refractivity contribution >= 4 is 44.9 Å². The number of hydrogen-bond donors (Lipinski definition) is 1. The molecule has 0 heterocycles. The second kappa shape index (κ2) is 12.8. The Morgan fingerprint density at radius 2 is 1.63 bits per heavy atom. The van der Waals surface area contributed by atoms with E-state index < -0.39 is 34.5 Å². The maximum Gasteiger partial charge on any atom is 0.327 e. The first-order chi connectivity index (χ1) is 18.0. The van der Waals surface area contributed by atoms with Crippen molar-refractivity contribution in [2.75, 3.05) is 22.8 Å². The summed E-state index contributed by atoms with van der Waals surface area (Å²) in [4.78, 5) is 24.8. The second-order valence-electron chi connectivity index (χ2n) is 9.12. The van der Waals surface area contributed by atoms with E-state index in [1.54, 1.807) is 44.2 Å². The number of hydrogen-bond acceptors (Lipinski definition) is 6. The average molecular weight is 559 g/mol. The first-order valence-corrected chi connectivity index (χ1v) is 13.9. The van der Waals surface area contributed by atoms with E-state index in [1.165, 1.54) is 30.3 Å². The maximum absolute atomic E-state index is 13.6. The van der Waals surface area contributed by atoms with Crippen LogP contribution in [0, 0.1) is 0 Å². The molecular weight excluding hydrogens is 528 g/mol. The fourth-order valence-electron chi connectivity index (χ4n) is 3.52. The number of esters is 1. The predicted molar refractivity (Wildman–Crippen MR) is 148 cm³/mol. The zero-order valence-corrected chi connectivity index (χ0v) is 23.3. The summed E-state index contributed by atoms with van der Waals surface area (Å²) < 4.78 is 38.9. The highest BCUT2D eigenvalue weighted by atomic mass is 35.5. The topological polar surface area (TPSA) is 102 Å². The molecule has 3 rings (SSSR count). The molecule has 0 radical (unpaired) electrons. The fraction of sp³-hybridized carbons (Fsp3) is 0.286. The summed E-state index contributed by atoms with van der Waals surface area (Å²) in [6.07, 6.45) is -0.416. The molecule has 0 saturated heterocycles. The summed E-state index contributed by atoms with van der Waals surface area (Å²) in [5.41, 5.74) is 1.61. The maximum atomic E-state index is 13.6. The smallest absolute Gasteiger partial charge is 0.327 e. The standard InChI is InChI=1S/C28H31ClN2O6S/c1-19(2)21-11-13-25(14-12-21)36-18-27(32)30-23-8-6-10-26(16-23)38(34,35)31(17-28(33)37-20(3)4)24-9-5-7-22(29)15-24/h5-16,19-20H,17-18H2,1-4H3,(H,30,32). The number of carbonyl (C=O) groups is 2. The fourth-order valence-corrected chi connectivity index (χ4v) is 5.15. The third kappa shape index (κ3) is 7.97. The van der Waals surface area contributed by atoms with Gasteiger partial charge in [-0.1, -0.05) is 49.7 Å². The van der Waals surface area contributed by atoms with Crippen molar-refractivity contribution in [2.24, 2.45) is 0 Å². The zero-order valence-electron chi connectivity index (χ0n) is 21.7. The minimum atomic E-state index is -4.24. The SMILES string of the molecule is CC(C)OC(=O)CN(c1cccc(Cl)c1)S(=O)(=O)c1cccc(NC(=O)COc2ccc(C(C)C)cc2)c1. The number of halogens is 1. The molecule has 0 aromatic heterocycles. The number of sulfonamides is 1. The first-order valence-electron chi connectivity index (χ1n) is 12.1. The molecule has 38 heavy (non-hydrogen) atoms. The molecule has 0 aliphatic carbocycles. The van der Waals surface area contributed by atoms with Crippen molar-refractivity contribution in [1.29, 1.82) is 0 Å². The van der Waals surface area contributed by atoms with Crippen molar-refractivity contribution in [3.05, 3.63) is 83.4 Å². The van der Waals surface area contributed by atoms with Gasteiger partial charge < -0.3 is 14.8 Å². The molecule has 0 unspecified atom stereocenters. The van der Waals surface area contributed by atoms with Crippen LogP contribution >= 0.6 is 11.6 Å². The Kier molecular flexibility index (Phi) is 9.77. The van der Waals surface area contributed by atoms with E-state index >= 15 is 0 Å². The van der Waals surface area contributed by atoms with Gasteiger partial charge in [0.2, 0.25) is 0 Å². The lowest BCUT2D eigenvalue weighted by Crippen LogP contribution is -2.37. The highest BCUT2D eigenvalue weighted by Gasteiger charge is 2.28. The molecule has 1 amide bonds. The Morgan fingerprint density at radius 3 is 2.26 bits per heavy atom. The number of ether oxygens (including phenoxy) is 2. The molecular formula is C28H31ClN2O6S. The van der Waals surface area contributed by atoms with Crippen LogP contribution in [0.15, 0.2) is 77.7 Å². The molecule has 0 bridgehead atoms. The normalized spacial score (nSPS) is 11.3. The second-order valence-corrected chi connectivity index (χ2v) is 11.4. The zero-order chi connectivity index (χ0) is 27.9. The highest BCUT2D eigenvalue weighted by molar-refractivity contribution is 7.92. The van der Waals surface area contributed by atoms with E-state index in [2.05, 4.69) is 19.2 Å².